The number of halogens is 1. The quantitative estimate of drug-likeness (QED) is 0.639. The van der Waals surface area contributed by atoms with Crippen molar-refractivity contribution in [3.8, 4) is 5.75 Å². The number of rotatable bonds is 6. The van der Waals surface area contributed by atoms with Gasteiger partial charge >= 0.3 is 0 Å². The molecule has 110 valence electrons. The summed E-state index contributed by atoms with van der Waals surface area (Å²) in [4.78, 5) is 0. The van der Waals surface area contributed by atoms with Gasteiger partial charge in [0.1, 0.15) is 5.75 Å². The second-order valence-electron chi connectivity index (χ2n) is 4.92. The van der Waals surface area contributed by atoms with Gasteiger partial charge in [-0.15, -0.1) is 0 Å². The van der Waals surface area contributed by atoms with Crippen LogP contribution < -0.4 is 10.2 Å². The first kappa shape index (κ1) is 15.4. The summed E-state index contributed by atoms with van der Waals surface area (Å²) in [5.74, 6) is 0.867. The molecule has 0 aromatic heterocycles. The Balaban J connectivity index is 1.85. The average molecular weight is 303 g/mol. The second kappa shape index (κ2) is 7.70. The Kier molecular flexibility index (Phi) is 5.64. The summed E-state index contributed by atoms with van der Waals surface area (Å²) in [6, 6.07) is 15.5. The number of ether oxygens (including phenoxy) is 1. The van der Waals surface area contributed by atoms with Gasteiger partial charge in [0.05, 0.1) is 18.9 Å². The standard InChI is InChI=1S/C17H19ClN2O/c1-13(2)21-16-9-7-14(8-10-16)11-19-20-12-15-5-3-4-6-17(15)18/h3-11,13,20H,12H2,1-2H3/b19-11-. The fourth-order valence-corrected chi connectivity index (χ4v) is 2.00. The maximum atomic E-state index is 6.07. The van der Waals surface area contributed by atoms with E-state index in [9.17, 15) is 0 Å². The topological polar surface area (TPSA) is 33.6 Å². The molecule has 21 heavy (non-hydrogen) atoms. The third kappa shape index (κ3) is 5.12. The molecule has 0 bridgehead atoms. The van der Waals surface area contributed by atoms with Crippen LogP contribution in [0.4, 0.5) is 0 Å². The van der Waals surface area contributed by atoms with E-state index in [2.05, 4.69) is 10.5 Å². The van der Waals surface area contributed by atoms with Crippen LogP contribution in [-0.4, -0.2) is 12.3 Å². The molecule has 0 amide bonds. The van der Waals surface area contributed by atoms with Crippen molar-refractivity contribution >= 4 is 17.8 Å². The van der Waals surface area contributed by atoms with Gasteiger partial charge in [-0.2, -0.15) is 5.10 Å². The highest BCUT2D eigenvalue weighted by Gasteiger charge is 1.98. The molecule has 0 heterocycles. The van der Waals surface area contributed by atoms with Gasteiger partial charge in [-0.25, -0.2) is 0 Å². The van der Waals surface area contributed by atoms with Crippen molar-refractivity contribution in [1.82, 2.24) is 5.43 Å². The molecule has 0 spiro atoms. The predicted octanol–water partition coefficient (Wildman–Crippen LogP) is 4.25. The van der Waals surface area contributed by atoms with Crippen LogP contribution in [-0.2, 0) is 6.54 Å². The van der Waals surface area contributed by atoms with Crippen LogP contribution >= 0.6 is 11.6 Å². The fraction of sp³-hybridized carbons (Fsp3) is 0.235. The summed E-state index contributed by atoms with van der Waals surface area (Å²) < 4.78 is 5.59. The van der Waals surface area contributed by atoms with Gasteiger partial charge in [0.2, 0.25) is 0 Å². The first-order valence-corrected chi connectivity index (χ1v) is 7.29. The molecular formula is C17H19ClN2O. The van der Waals surface area contributed by atoms with Crippen molar-refractivity contribution in [1.29, 1.82) is 0 Å². The van der Waals surface area contributed by atoms with Gasteiger partial charge in [0.15, 0.2) is 0 Å². The van der Waals surface area contributed by atoms with Crippen molar-refractivity contribution in [2.75, 3.05) is 0 Å². The maximum absolute atomic E-state index is 6.07. The molecule has 0 atom stereocenters. The molecule has 0 aliphatic carbocycles. The molecule has 2 aromatic carbocycles. The summed E-state index contributed by atoms with van der Waals surface area (Å²) in [6.07, 6.45) is 1.96. The highest BCUT2D eigenvalue weighted by Crippen LogP contribution is 2.14. The number of nitrogens with one attached hydrogen (secondary N) is 1. The highest BCUT2D eigenvalue weighted by atomic mass is 35.5. The van der Waals surface area contributed by atoms with E-state index in [0.29, 0.717) is 6.54 Å². The molecule has 2 rings (SSSR count). The van der Waals surface area contributed by atoms with E-state index in [1.165, 1.54) is 0 Å². The molecular weight excluding hydrogens is 284 g/mol. The maximum Gasteiger partial charge on any atom is 0.119 e. The van der Waals surface area contributed by atoms with Crippen LogP contribution in [0.25, 0.3) is 0 Å². The molecule has 0 saturated carbocycles. The zero-order chi connectivity index (χ0) is 15.1. The van der Waals surface area contributed by atoms with Crippen LogP contribution in [0.5, 0.6) is 5.75 Å². The van der Waals surface area contributed by atoms with E-state index in [0.717, 1.165) is 21.9 Å². The Hall–Kier alpha value is -2.00. The molecule has 2 aromatic rings. The first-order valence-electron chi connectivity index (χ1n) is 6.91. The van der Waals surface area contributed by atoms with E-state index in [4.69, 9.17) is 16.3 Å². The molecule has 1 N–H and O–H groups in total. The van der Waals surface area contributed by atoms with Crippen molar-refractivity contribution < 1.29 is 4.74 Å². The second-order valence-corrected chi connectivity index (χ2v) is 5.33. The number of hydrazone groups is 1. The highest BCUT2D eigenvalue weighted by molar-refractivity contribution is 6.31. The van der Waals surface area contributed by atoms with E-state index in [1.807, 2.05) is 62.4 Å². The van der Waals surface area contributed by atoms with Gasteiger partial charge in [-0.3, -0.25) is 0 Å². The molecule has 0 unspecified atom stereocenters. The Labute approximate surface area is 130 Å². The third-order valence-corrected chi connectivity index (χ3v) is 3.15. The fourth-order valence-electron chi connectivity index (χ4n) is 1.80. The van der Waals surface area contributed by atoms with Crippen molar-refractivity contribution in [2.45, 2.75) is 26.5 Å². The van der Waals surface area contributed by atoms with Crippen molar-refractivity contribution in [3.63, 3.8) is 0 Å². The molecule has 4 heteroatoms. The molecule has 0 aliphatic heterocycles. The Morgan fingerprint density at radius 2 is 1.86 bits per heavy atom. The number of hydrogen-bond donors (Lipinski definition) is 1. The molecule has 3 nitrogen and oxygen atoms in total. The van der Waals surface area contributed by atoms with Crippen LogP contribution in [0.1, 0.15) is 25.0 Å². The summed E-state index contributed by atoms with van der Waals surface area (Å²) in [7, 11) is 0. The lowest BCUT2D eigenvalue weighted by Crippen LogP contribution is -2.06. The lowest BCUT2D eigenvalue weighted by Gasteiger charge is -2.09. The van der Waals surface area contributed by atoms with Crippen LogP contribution in [0.2, 0.25) is 5.02 Å². The smallest absolute Gasteiger partial charge is 0.119 e. The number of nitrogens with zero attached hydrogens (tertiary/aromatic N) is 1. The molecule has 0 radical (unpaired) electrons. The van der Waals surface area contributed by atoms with Crippen LogP contribution in [0.15, 0.2) is 53.6 Å². The van der Waals surface area contributed by atoms with Gasteiger partial charge < -0.3 is 10.2 Å². The normalized spacial score (nSPS) is 11.0. The predicted molar refractivity (Wildman–Crippen MR) is 88.1 cm³/mol. The van der Waals surface area contributed by atoms with Crippen molar-refractivity contribution in [2.24, 2.45) is 5.10 Å². The SMILES string of the molecule is CC(C)Oc1ccc(/C=N\NCc2ccccc2Cl)cc1. The zero-order valence-electron chi connectivity index (χ0n) is 12.2. The minimum Gasteiger partial charge on any atom is -0.491 e. The average Bonchev–Trinajstić information content (AvgIpc) is 2.46. The molecule has 0 fully saturated rings. The zero-order valence-corrected chi connectivity index (χ0v) is 13.0. The summed E-state index contributed by atoms with van der Waals surface area (Å²) in [5.41, 5.74) is 5.03. The largest absolute Gasteiger partial charge is 0.491 e. The van der Waals surface area contributed by atoms with Crippen LogP contribution in [0, 0.1) is 0 Å². The van der Waals surface area contributed by atoms with Crippen molar-refractivity contribution in [3.05, 3.63) is 64.7 Å². The van der Waals surface area contributed by atoms with E-state index >= 15 is 0 Å². The lowest BCUT2D eigenvalue weighted by atomic mass is 10.2. The van der Waals surface area contributed by atoms with Gasteiger partial charge in [-0.05, 0) is 55.3 Å². The lowest BCUT2D eigenvalue weighted by molar-refractivity contribution is 0.242. The molecule has 0 aliphatic rings. The van der Waals surface area contributed by atoms with E-state index in [-0.39, 0.29) is 6.10 Å². The van der Waals surface area contributed by atoms with Gasteiger partial charge in [0.25, 0.3) is 0 Å². The third-order valence-electron chi connectivity index (χ3n) is 2.78. The Morgan fingerprint density at radius 1 is 1.14 bits per heavy atom. The summed E-state index contributed by atoms with van der Waals surface area (Å²) >= 11 is 6.07. The monoisotopic (exact) mass is 302 g/mol. The van der Waals surface area contributed by atoms with Gasteiger partial charge in [0, 0.05) is 5.02 Å². The minimum absolute atomic E-state index is 0.182. The first-order chi connectivity index (χ1) is 10.1. The Bertz CT molecular complexity index is 594. The molecule has 0 saturated heterocycles. The number of benzene rings is 2. The van der Waals surface area contributed by atoms with E-state index in [1.54, 1.807) is 6.21 Å². The number of hydrogen-bond acceptors (Lipinski definition) is 3. The van der Waals surface area contributed by atoms with E-state index < -0.39 is 0 Å². The van der Waals surface area contributed by atoms with Crippen LogP contribution in [0.3, 0.4) is 0 Å². The summed E-state index contributed by atoms with van der Waals surface area (Å²) in [6.45, 7) is 4.62. The Morgan fingerprint density at radius 3 is 2.52 bits per heavy atom. The minimum atomic E-state index is 0.182. The van der Waals surface area contributed by atoms with Gasteiger partial charge in [-0.1, -0.05) is 29.8 Å². The summed E-state index contributed by atoms with van der Waals surface area (Å²) in [5, 5.41) is 4.94.